The molecule has 0 aliphatic carbocycles. The van der Waals surface area contributed by atoms with Crippen molar-refractivity contribution in [1.29, 1.82) is 0 Å². The number of hydrogen-bond donors (Lipinski definition) is 1. The van der Waals surface area contributed by atoms with Crippen molar-refractivity contribution in [3.8, 4) is 28.3 Å². The van der Waals surface area contributed by atoms with Gasteiger partial charge in [-0.25, -0.2) is 9.97 Å². The molecule has 0 saturated heterocycles. The Bertz CT molecular complexity index is 1180. The zero-order valence-electron chi connectivity index (χ0n) is 16.8. The van der Waals surface area contributed by atoms with Crippen LogP contribution in [0.5, 0.6) is 5.75 Å². The zero-order chi connectivity index (χ0) is 22.3. The molecule has 0 fully saturated rings. The van der Waals surface area contributed by atoms with E-state index in [1.807, 2.05) is 30.3 Å². The van der Waals surface area contributed by atoms with Crippen LogP contribution in [0.15, 0.2) is 70.6 Å². The Balaban J connectivity index is 1.30. The molecule has 0 atom stereocenters. The van der Waals surface area contributed by atoms with E-state index in [-0.39, 0.29) is 18.1 Å². The van der Waals surface area contributed by atoms with E-state index in [1.165, 1.54) is 17.4 Å². The van der Waals surface area contributed by atoms with Gasteiger partial charge in [0.1, 0.15) is 5.75 Å². The van der Waals surface area contributed by atoms with Gasteiger partial charge < -0.3 is 14.5 Å². The molecule has 0 spiro atoms. The van der Waals surface area contributed by atoms with Crippen molar-refractivity contribution in [2.75, 3.05) is 5.32 Å². The quantitative estimate of drug-likeness (QED) is 0.334. The molecule has 4 rings (SSSR count). The minimum Gasteiger partial charge on any atom is -0.441 e. The van der Waals surface area contributed by atoms with Gasteiger partial charge in [0.05, 0.1) is 11.9 Å². The highest BCUT2D eigenvalue weighted by Gasteiger charge is 2.14. The fraction of sp³-hybridized carbons (Fsp3) is 0.174. The summed E-state index contributed by atoms with van der Waals surface area (Å²) >= 11 is 1.21. The highest BCUT2D eigenvalue weighted by Crippen LogP contribution is 2.33. The largest absolute Gasteiger partial charge is 0.441 e. The third-order valence-electron chi connectivity index (χ3n) is 4.54. The summed E-state index contributed by atoms with van der Waals surface area (Å²) in [5, 5.41) is 4.81. The first kappa shape index (κ1) is 21.6. The van der Waals surface area contributed by atoms with Crippen molar-refractivity contribution in [2.45, 2.75) is 25.9 Å². The summed E-state index contributed by atoms with van der Waals surface area (Å²) < 4.78 is 35.5. The van der Waals surface area contributed by atoms with Crippen molar-refractivity contribution in [1.82, 2.24) is 9.97 Å². The summed E-state index contributed by atoms with van der Waals surface area (Å²) in [7, 11) is 0. The SMILES string of the molecule is O=C(CCCc1ncc(-c2ccccc2)o1)Nc1nc(-c2ccccc2OC(F)F)cs1. The van der Waals surface area contributed by atoms with Crippen LogP contribution in [0.3, 0.4) is 0 Å². The van der Waals surface area contributed by atoms with E-state index in [0.717, 1.165) is 5.56 Å². The molecule has 2 aromatic heterocycles. The maximum atomic E-state index is 12.6. The van der Waals surface area contributed by atoms with Gasteiger partial charge in [0.25, 0.3) is 0 Å². The van der Waals surface area contributed by atoms with E-state index in [4.69, 9.17) is 4.42 Å². The van der Waals surface area contributed by atoms with E-state index >= 15 is 0 Å². The molecule has 2 aromatic carbocycles. The van der Waals surface area contributed by atoms with Gasteiger partial charge in [-0.15, -0.1) is 11.3 Å². The molecule has 6 nitrogen and oxygen atoms in total. The smallest absolute Gasteiger partial charge is 0.387 e. The first-order chi connectivity index (χ1) is 15.6. The summed E-state index contributed by atoms with van der Waals surface area (Å²) in [5.74, 6) is 1.10. The maximum Gasteiger partial charge on any atom is 0.387 e. The molecule has 0 aliphatic heterocycles. The number of aryl methyl sites for hydroxylation is 1. The molecule has 0 aliphatic rings. The number of aromatic nitrogens is 2. The normalized spacial score (nSPS) is 11.0. The van der Waals surface area contributed by atoms with Gasteiger partial charge in [0, 0.05) is 29.3 Å². The number of para-hydroxylation sites is 1. The summed E-state index contributed by atoms with van der Waals surface area (Å²) in [6, 6.07) is 16.1. The van der Waals surface area contributed by atoms with Gasteiger partial charge in [-0.1, -0.05) is 42.5 Å². The van der Waals surface area contributed by atoms with Crippen molar-refractivity contribution in [3.63, 3.8) is 0 Å². The molecule has 2 heterocycles. The van der Waals surface area contributed by atoms with Gasteiger partial charge >= 0.3 is 6.61 Å². The fourth-order valence-corrected chi connectivity index (χ4v) is 3.80. The number of nitrogens with one attached hydrogen (secondary N) is 1. The highest BCUT2D eigenvalue weighted by atomic mass is 32.1. The second kappa shape index (κ2) is 10.1. The van der Waals surface area contributed by atoms with Crippen LogP contribution in [-0.4, -0.2) is 22.5 Å². The minimum absolute atomic E-state index is 0.0338. The van der Waals surface area contributed by atoms with Crippen molar-refractivity contribution < 1.29 is 22.7 Å². The number of carbonyl (C=O) groups is 1. The molecular formula is C23H19F2N3O3S. The lowest BCUT2D eigenvalue weighted by molar-refractivity contribution is -0.116. The van der Waals surface area contributed by atoms with E-state index in [1.54, 1.807) is 29.8 Å². The highest BCUT2D eigenvalue weighted by molar-refractivity contribution is 7.14. The monoisotopic (exact) mass is 455 g/mol. The van der Waals surface area contributed by atoms with Crippen LogP contribution in [0, 0.1) is 0 Å². The Kier molecular flexibility index (Phi) is 6.86. The number of anilines is 1. The summed E-state index contributed by atoms with van der Waals surface area (Å²) in [6.45, 7) is -2.93. The van der Waals surface area contributed by atoms with Crippen molar-refractivity contribution in [2.24, 2.45) is 0 Å². The molecule has 0 radical (unpaired) electrons. The number of thiazole rings is 1. The molecule has 9 heteroatoms. The Morgan fingerprint density at radius 3 is 2.72 bits per heavy atom. The Hall–Kier alpha value is -3.59. The molecule has 1 amide bonds. The van der Waals surface area contributed by atoms with Crippen LogP contribution in [0.25, 0.3) is 22.6 Å². The van der Waals surface area contributed by atoms with Crippen LogP contribution in [0.2, 0.25) is 0 Å². The molecule has 32 heavy (non-hydrogen) atoms. The predicted octanol–water partition coefficient (Wildman–Crippen LogP) is 6.03. The lowest BCUT2D eigenvalue weighted by Gasteiger charge is -2.08. The topological polar surface area (TPSA) is 77.3 Å². The van der Waals surface area contributed by atoms with Gasteiger partial charge in [-0.3, -0.25) is 4.79 Å². The predicted molar refractivity (Wildman–Crippen MR) is 118 cm³/mol. The van der Waals surface area contributed by atoms with Crippen LogP contribution >= 0.6 is 11.3 Å². The summed E-state index contributed by atoms with van der Waals surface area (Å²) in [4.78, 5) is 20.9. The van der Waals surface area contributed by atoms with E-state index in [9.17, 15) is 13.6 Å². The number of amides is 1. The number of rotatable bonds is 9. The third kappa shape index (κ3) is 5.55. The molecule has 164 valence electrons. The Labute approximate surface area is 186 Å². The molecule has 0 bridgehead atoms. The summed E-state index contributed by atoms with van der Waals surface area (Å²) in [6.07, 6.45) is 3.03. The average Bonchev–Trinajstić information content (AvgIpc) is 3.44. The zero-order valence-corrected chi connectivity index (χ0v) is 17.6. The van der Waals surface area contributed by atoms with Crippen molar-refractivity contribution >= 4 is 22.4 Å². The van der Waals surface area contributed by atoms with Crippen LogP contribution in [0.1, 0.15) is 18.7 Å². The number of halogens is 2. The lowest BCUT2D eigenvalue weighted by atomic mass is 10.1. The number of oxazole rings is 1. The number of benzene rings is 2. The number of alkyl halides is 2. The lowest BCUT2D eigenvalue weighted by Crippen LogP contribution is -2.11. The number of carbonyl (C=O) groups excluding carboxylic acids is 1. The van der Waals surface area contributed by atoms with Gasteiger partial charge in [-0.05, 0) is 18.6 Å². The van der Waals surface area contributed by atoms with Gasteiger partial charge in [-0.2, -0.15) is 8.78 Å². The molecule has 4 aromatic rings. The molecule has 0 unspecified atom stereocenters. The molecular weight excluding hydrogens is 436 g/mol. The first-order valence-electron chi connectivity index (χ1n) is 9.88. The number of nitrogens with zero attached hydrogens (tertiary/aromatic N) is 2. The van der Waals surface area contributed by atoms with E-state index < -0.39 is 6.61 Å². The van der Waals surface area contributed by atoms with Crippen molar-refractivity contribution in [3.05, 3.63) is 72.1 Å². The standard InChI is InChI=1S/C23H19F2N3O3S/c24-22(25)31-18-10-5-4-9-16(18)17-14-32-23(27-17)28-20(29)11-6-12-21-26-13-19(30-21)15-7-2-1-3-8-15/h1-5,7-10,13-14,22H,6,11-12H2,(H,27,28,29). The second-order valence-electron chi connectivity index (χ2n) is 6.80. The van der Waals surface area contributed by atoms with Gasteiger partial charge in [0.2, 0.25) is 5.91 Å². The first-order valence-corrected chi connectivity index (χ1v) is 10.8. The van der Waals surface area contributed by atoms with E-state index in [0.29, 0.717) is 40.9 Å². The fourth-order valence-electron chi connectivity index (χ4n) is 3.08. The second-order valence-corrected chi connectivity index (χ2v) is 7.66. The van der Waals surface area contributed by atoms with Crippen LogP contribution in [0.4, 0.5) is 13.9 Å². The minimum atomic E-state index is -2.93. The Morgan fingerprint density at radius 1 is 1.12 bits per heavy atom. The maximum absolute atomic E-state index is 12.6. The third-order valence-corrected chi connectivity index (χ3v) is 5.29. The van der Waals surface area contributed by atoms with E-state index in [2.05, 4.69) is 20.0 Å². The summed E-state index contributed by atoms with van der Waals surface area (Å²) in [5.41, 5.74) is 1.83. The van der Waals surface area contributed by atoms with Gasteiger partial charge in [0.15, 0.2) is 16.8 Å². The number of ether oxygens (including phenoxy) is 1. The molecule has 1 N–H and O–H groups in total. The van der Waals surface area contributed by atoms with Crippen LogP contribution in [-0.2, 0) is 11.2 Å². The number of hydrogen-bond acceptors (Lipinski definition) is 6. The average molecular weight is 455 g/mol. The Morgan fingerprint density at radius 2 is 1.91 bits per heavy atom. The van der Waals surface area contributed by atoms with Crippen LogP contribution < -0.4 is 10.1 Å². The molecule has 0 saturated carbocycles.